The quantitative estimate of drug-likeness (QED) is 0.0899. The first-order valence-electron chi connectivity index (χ1n) is 14.8. The molecule has 3 amide bonds. The van der Waals surface area contributed by atoms with Crippen LogP contribution < -0.4 is 0 Å². The monoisotopic (exact) mass is 632 g/mol. The molecule has 0 radical (unpaired) electrons. The fourth-order valence-corrected chi connectivity index (χ4v) is 6.30. The molecule has 0 saturated carbocycles. The maximum absolute atomic E-state index is 14.2. The van der Waals surface area contributed by atoms with Crippen molar-refractivity contribution in [1.29, 1.82) is 0 Å². The topological polar surface area (TPSA) is 129 Å². The van der Waals surface area contributed by atoms with Gasteiger partial charge in [0.15, 0.2) is 14.1 Å². The van der Waals surface area contributed by atoms with Crippen LogP contribution in [0.5, 0.6) is 0 Å². The van der Waals surface area contributed by atoms with Crippen molar-refractivity contribution in [3.63, 3.8) is 0 Å². The number of methoxy groups -OCH3 is 1. The van der Waals surface area contributed by atoms with Gasteiger partial charge in [-0.25, -0.2) is 14.5 Å². The van der Waals surface area contributed by atoms with Gasteiger partial charge in [0.2, 0.25) is 5.91 Å². The van der Waals surface area contributed by atoms with E-state index in [4.69, 9.17) is 18.6 Å². The van der Waals surface area contributed by atoms with Crippen LogP contribution in [-0.2, 0) is 33.0 Å². The minimum absolute atomic E-state index is 0.165. The smallest absolute Gasteiger partial charge is 0.417 e. The predicted molar refractivity (Wildman–Crippen MR) is 167 cm³/mol. The van der Waals surface area contributed by atoms with Crippen LogP contribution in [-0.4, -0.2) is 86.5 Å². The van der Waals surface area contributed by atoms with Gasteiger partial charge in [-0.05, 0) is 52.2 Å². The Kier molecular flexibility index (Phi) is 12.2. The molecule has 0 aromatic carbocycles. The number of likely N-dealkylation sites (tertiary alicyclic amines) is 1. The Labute approximate surface area is 262 Å². The predicted octanol–water partition coefficient (Wildman–Crippen LogP) is 5.07. The first-order valence-corrected chi connectivity index (χ1v) is 17.7. The zero-order valence-corrected chi connectivity index (χ0v) is 28.8. The highest BCUT2D eigenvalue weighted by Crippen LogP contribution is 2.44. The second kappa shape index (κ2) is 14.6. The second-order valence-corrected chi connectivity index (χ2v) is 18.3. The lowest BCUT2D eigenvalue weighted by molar-refractivity contribution is -0.167. The van der Waals surface area contributed by atoms with E-state index in [0.29, 0.717) is 12.0 Å². The number of rotatable bonds is 8. The van der Waals surface area contributed by atoms with Crippen molar-refractivity contribution in [3.8, 4) is 11.8 Å². The highest BCUT2D eigenvalue weighted by molar-refractivity contribution is 6.74. The molecule has 2 aliphatic rings. The summed E-state index contributed by atoms with van der Waals surface area (Å²) in [5, 5.41) is -0.299. The third-order valence-corrected chi connectivity index (χ3v) is 12.6. The zero-order valence-electron chi connectivity index (χ0n) is 27.8. The fraction of sp³-hybridized carbons (Fsp3) is 0.656. The molecule has 2 aliphatic heterocycles. The van der Waals surface area contributed by atoms with Crippen molar-refractivity contribution < 1.29 is 42.6 Å². The number of amides is 3. The lowest BCUT2D eigenvalue weighted by Crippen LogP contribution is -2.64. The van der Waals surface area contributed by atoms with E-state index in [2.05, 4.69) is 18.4 Å². The molecule has 1 fully saturated rings. The first-order chi connectivity index (χ1) is 20.3. The number of allylic oxidation sites excluding steroid dienone is 1. The summed E-state index contributed by atoms with van der Waals surface area (Å²) in [7, 11) is -1.41. The van der Waals surface area contributed by atoms with Crippen molar-refractivity contribution in [1.82, 2.24) is 9.80 Å². The van der Waals surface area contributed by atoms with E-state index >= 15 is 0 Å². The number of ether oxygens (including phenoxy) is 3. The third-order valence-electron chi connectivity index (χ3n) is 8.10. The van der Waals surface area contributed by atoms with Crippen molar-refractivity contribution in [2.75, 3.05) is 26.8 Å². The van der Waals surface area contributed by atoms with E-state index in [1.54, 1.807) is 27.7 Å². The number of esters is 1. The van der Waals surface area contributed by atoms with E-state index in [1.807, 2.05) is 33.9 Å². The fourth-order valence-electron chi connectivity index (χ4n) is 4.96. The van der Waals surface area contributed by atoms with E-state index in [0.717, 1.165) is 4.90 Å². The highest BCUT2D eigenvalue weighted by atomic mass is 28.4. The van der Waals surface area contributed by atoms with Gasteiger partial charge in [-0.3, -0.25) is 19.3 Å². The summed E-state index contributed by atoms with van der Waals surface area (Å²) in [6.07, 6.45) is 0.812. The summed E-state index contributed by atoms with van der Waals surface area (Å²) >= 11 is 0. The summed E-state index contributed by atoms with van der Waals surface area (Å²) in [6.45, 7) is 19.8. The molecule has 0 bridgehead atoms. The maximum Gasteiger partial charge on any atom is 0.417 e. The Morgan fingerprint density at radius 2 is 1.73 bits per heavy atom. The summed E-state index contributed by atoms with van der Waals surface area (Å²) in [4.78, 5) is 70.2. The molecule has 0 aromatic heterocycles. The molecule has 0 spiro atoms. The van der Waals surface area contributed by atoms with Crippen LogP contribution in [0.15, 0.2) is 24.4 Å². The maximum atomic E-state index is 14.2. The van der Waals surface area contributed by atoms with Gasteiger partial charge in [0.05, 0.1) is 19.8 Å². The van der Waals surface area contributed by atoms with Gasteiger partial charge in [-0.2, -0.15) is 0 Å². The number of carbonyl (C=O) groups is 5. The second-order valence-electron chi connectivity index (χ2n) is 13.5. The Morgan fingerprint density at radius 1 is 1.09 bits per heavy atom. The molecular weight excluding hydrogens is 584 g/mol. The SMILES string of the molecule is C=CCOC(=O)[C@@H]1C(=O)N(C(=O)OC(C)(C)C)C[C@H](O[Si](C)(C)C(C)(C)C)[C@H]1C1CN(C(=O)OC)C=C(CCC#CC)C1=O. The molecule has 1 unspecified atom stereocenters. The van der Waals surface area contributed by atoms with Gasteiger partial charge >= 0.3 is 18.2 Å². The lowest BCUT2D eigenvalue weighted by atomic mass is 9.70. The zero-order chi connectivity index (χ0) is 33.6. The van der Waals surface area contributed by atoms with Gasteiger partial charge in [-0.15, -0.1) is 11.8 Å². The molecular formula is C32H48N2O9Si. The van der Waals surface area contributed by atoms with Crippen LogP contribution in [0.1, 0.15) is 61.3 Å². The molecule has 2 heterocycles. The molecule has 0 N–H and O–H groups in total. The average molecular weight is 633 g/mol. The van der Waals surface area contributed by atoms with Gasteiger partial charge in [0, 0.05) is 36.6 Å². The van der Waals surface area contributed by atoms with Gasteiger partial charge in [-0.1, -0.05) is 33.4 Å². The first kappa shape index (κ1) is 36.8. The third kappa shape index (κ3) is 8.82. The molecule has 0 aromatic rings. The molecule has 1 saturated heterocycles. The van der Waals surface area contributed by atoms with E-state index < -0.39 is 61.8 Å². The Hall–Kier alpha value is -3.43. The minimum atomic E-state index is -2.64. The van der Waals surface area contributed by atoms with Gasteiger partial charge in [0.25, 0.3) is 0 Å². The van der Waals surface area contributed by atoms with E-state index in [1.165, 1.54) is 24.3 Å². The van der Waals surface area contributed by atoms with Crippen LogP contribution in [0, 0.1) is 29.6 Å². The standard InChI is InChI=1S/C32H48N2O9Si/c1-12-14-15-16-21-18-33(29(38)40-9)19-22(26(21)35)24-23(43-44(10,11)32(6,7)8)20-34(30(39)42-31(3,4)5)27(36)25(24)28(37)41-17-13-2/h13,18,22-25H,2,15-17,19-20H2,1,3-11H3/t22?,23-,24+,25-/m0/s1. The molecule has 244 valence electrons. The van der Waals surface area contributed by atoms with Crippen LogP contribution >= 0.6 is 0 Å². The lowest BCUT2D eigenvalue weighted by Gasteiger charge is -2.49. The van der Waals surface area contributed by atoms with Crippen LogP contribution in [0.25, 0.3) is 0 Å². The number of carbonyl (C=O) groups excluding carboxylic acids is 5. The summed E-state index contributed by atoms with van der Waals surface area (Å²) < 4.78 is 22.7. The van der Waals surface area contributed by atoms with Crippen molar-refractivity contribution in [2.45, 2.75) is 91.1 Å². The molecule has 4 atom stereocenters. The summed E-state index contributed by atoms with van der Waals surface area (Å²) in [6, 6.07) is 0. The molecule has 12 heteroatoms. The number of imide groups is 1. The largest absolute Gasteiger partial charge is 0.461 e. The van der Waals surface area contributed by atoms with Crippen molar-refractivity contribution in [3.05, 3.63) is 24.4 Å². The Morgan fingerprint density at radius 3 is 2.25 bits per heavy atom. The average Bonchev–Trinajstić information content (AvgIpc) is 2.91. The van der Waals surface area contributed by atoms with Crippen molar-refractivity contribution >= 4 is 38.2 Å². The number of ketones is 1. The van der Waals surface area contributed by atoms with Crippen molar-refractivity contribution in [2.24, 2.45) is 17.8 Å². The minimum Gasteiger partial charge on any atom is -0.461 e. The molecule has 11 nitrogen and oxygen atoms in total. The number of Topliss-reactive ketones (excluding diaryl/α,β-unsaturated/α-hetero) is 1. The highest BCUT2D eigenvalue weighted by Gasteiger charge is 2.57. The summed E-state index contributed by atoms with van der Waals surface area (Å²) in [5.74, 6) is -0.135. The molecule has 2 rings (SSSR count). The molecule has 44 heavy (non-hydrogen) atoms. The van der Waals surface area contributed by atoms with Crippen LogP contribution in [0.2, 0.25) is 18.1 Å². The Balaban J connectivity index is 2.78. The van der Waals surface area contributed by atoms with E-state index in [-0.39, 0.29) is 36.9 Å². The van der Waals surface area contributed by atoms with Gasteiger partial charge in [0.1, 0.15) is 18.1 Å². The van der Waals surface area contributed by atoms with E-state index in [9.17, 15) is 24.0 Å². The number of hydrogen-bond acceptors (Lipinski definition) is 9. The van der Waals surface area contributed by atoms with Crippen LogP contribution in [0.4, 0.5) is 9.59 Å². The number of nitrogens with zero attached hydrogens (tertiary/aromatic N) is 2. The Bertz CT molecular complexity index is 1230. The number of hydrogen-bond donors (Lipinski definition) is 0. The molecule has 0 aliphatic carbocycles. The van der Waals surface area contributed by atoms with Gasteiger partial charge < -0.3 is 18.6 Å². The normalized spacial score (nSPS) is 22.8. The summed E-state index contributed by atoms with van der Waals surface area (Å²) in [5.41, 5.74) is -0.620. The van der Waals surface area contributed by atoms with Crippen LogP contribution in [0.3, 0.4) is 0 Å². The number of piperidine rings is 1.